The fourth-order valence-electron chi connectivity index (χ4n) is 5.06. The number of nitrogens with one attached hydrogen (secondary N) is 1. The van der Waals surface area contributed by atoms with Gasteiger partial charge < -0.3 is 14.9 Å². The van der Waals surface area contributed by atoms with Crippen molar-refractivity contribution in [2.45, 2.75) is 38.0 Å². The zero-order chi connectivity index (χ0) is 29.1. The van der Waals surface area contributed by atoms with E-state index in [1.807, 2.05) is 24.3 Å². The lowest BCUT2D eigenvalue weighted by molar-refractivity contribution is -0.145. The number of carbonyl (C=O) groups is 1. The summed E-state index contributed by atoms with van der Waals surface area (Å²) >= 11 is 6.71. The van der Waals surface area contributed by atoms with Crippen LogP contribution in [0.25, 0.3) is 22.3 Å². The summed E-state index contributed by atoms with van der Waals surface area (Å²) in [5.74, 6) is -1.07. The molecule has 208 valence electrons. The van der Waals surface area contributed by atoms with Crippen LogP contribution in [0.5, 0.6) is 5.75 Å². The maximum atomic E-state index is 14.6. The Labute approximate surface area is 241 Å². The van der Waals surface area contributed by atoms with Crippen molar-refractivity contribution in [3.05, 3.63) is 106 Å². The number of halogens is 2. The first-order valence-corrected chi connectivity index (χ1v) is 13.4. The van der Waals surface area contributed by atoms with E-state index in [1.165, 1.54) is 19.2 Å². The van der Waals surface area contributed by atoms with E-state index in [2.05, 4.69) is 16.4 Å². The number of hydrogen-bond donors (Lipinski definition) is 3. The molecule has 3 aromatic carbocycles. The Morgan fingerprint density at radius 1 is 1.17 bits per heavy atom. The molecule has 3 N–H and O–H groups in total. The highest BCUT2D eigenvalue weighted by Crippen LogP contribution is 2.43. The number of nitrogens with zero attached hydrogens (tertiary/aromatic N) is 2. The summed E-state index contributed by atoms with van der Waals surface area (Å²) in [5.41, 5.74) is 4.05. The van der Waals surface area contributed by atoms with Crippen molar-refractivity contribution in [2.24, 2.45) is 0 Å². The molecule has 0 amide bonds. The van der Waals surface area contributed by atoms with Crippen molar-refractivity contribution in [1.29, 1.82) is 5.26 Å². The molecule has 1 aliphatic carbocycles. The van der Waals surface area contributed by atoms with Gasteiger partial charge in [-0.25, -0.2) is 4.39 Å². The summed E-state index contributed by atoms with van der Waals surface area (Å²) in [6, 6.07) is 19.7. The van der Waals surface area contributed by atoms with Gasteiger partial charge in [-0.3, -0.25) is 15.1 Å². The molecule has 5 rings (SSSR count). The monoisotopic (exact) mass is 571 g/mol. The number of nitriles is 1. The third-order valence-electron chi connectivity index (χ3n) is 7.44. The Morgan fingerprint density at radius 2 is 1.95 bits per heavy atom. The summed E-state index contributed by atoms with van der Waals surface area (Å²) in [6.45, 7) is 0.834. The van der Waals surface area contributed by atoms with E-state index >= 15 is 0 Å². The molecule has 0 aliphatic heterocycles. The highest BCUT2D eigenvalue weighted by Gasteiger charge is 2.32. The van der Waals surface area contributed by atoms with E-state index in [0.29, 0.717) is 51.4 Å². The van der Waals surface area contributed by atoms with E-state index in [9.17, 15) is 24.7 Å². The van der Waals surface area contributed by atoms with Crippen LogP contribution in [0.15, 0.2) is 73.1 Å². The molecule has 2 atom stereocenters. The summed E-state index contributed by atoms with van der Waals surface area (Å²) in [7, 11) is 0. The predicted molar refractivity (Wildman–Crippen MR) is 153 cm³/mol. The van der Waals surface area contributed by atoms with Crippen LogP contribution in [-0.2, 0) is 17.8 Å². The van der Waals surface area contributed by atoms with Gasteiger partial charge in [0.2, 0.25) is 0 Å². The number of aliphatic hydroxyl groups is 1. The minimum atomic E-state index is -1.57. The number of benzene rings is 3. The molecule has 4 aromatic rings. The first-order valence-electron chi connectivity index (χ1n) is 13.0. The molecule has 1 aliphatic rings. The number of carboxylic acids is 1. The molecule has 0 saturated heterocycles. The average Bonchev–Trinajstić information content (AvgIpc) is 3.40. The lowest BCUT2D eigenvalue weighted by Crippen LogP contribution is -2.52. The van der Waals surface area contributed by atoms with E-state index in [-0.39, 0.29) is 18.5 Å². The van der Waals surface area contributed by atoms with Crippen LogP contribution in [0.4, 0.5) is 4.39 Å². The Morgan fingerprint density at radius 3 is 2.68 bits per heavy atom. The lowest BCUT2D eigenvalue weighted by atomic mass is 9.96. The first-order chi connectivity index (χ1) is 19.7. The molecule has 7 nitrogen and oxygen atoms in total. The molecule has 0 fully saturated rings. The van der Waals surface area contributed by atoms with Crippen LogP contribution in [0.2, 0.25) is 5.02 Å². The Kier molecular flexibility index (Phi) is 8.04. The fraction of sp³-hybridized carbons (Fsp3) is 0.219. The number of ether oxygens (including phenoxy) is 1. The van der Waals surface area contributed by atoms with Gasteiger partial charge in [-0.15, -0.1) is 0 Å². The SMILES string of the molecule is C[C@@](CO)(NCc1cc(Cl)c(O[C@H]2CCc3c(-c4ccccc4F)cccc32)cc1-c1cncc(C#N)c1)C(=O)O. The molecule has 0 saturated carbocycles. The van der Waals surface area contributed by atoms with Crippen molar-refractivity contribution in [3.8, 4) is 34.1 Å². The molecule has 0 radical (unpaired) electrons. The van der Waals surface area contributed by atoms with E-state index in [4.69, 9.17) is 16.3 Å². The Bertz CT molecular complexity index is 1670. The van der Waals surface area contributed by atoms with E-state index < -0.39 is 18.1 Å². The second-order valence-corrected chi connectivity index (χ2v) is 10.6. The maximum absolute atomic E-state index is 14.6. The Hall–Kier alpha value is -4.29. The largest absolute Gasteiger partial charge is 0.484 e. The molecule has 0 bridgehead atoms. The van der Waals surface area contributed by atoms with Crippen molar-refractivity contribution in [1.82, 2.24) is 10.3 Å². The lowest BCUT2D eigenvalue weighted by Gasteiger charge is -2.25. The predicted octanol–water partition coefficient (Wildman–Crippen LogP) is 6.07. The summed E-state index contributed by atoms with van der Waals surface area (Å²) in [5, 5.41) is 31.9. The second-order valence-electron chi connectivity index (χ2n) is 10.2. The van der Waals surface area contributed by atoms with Crippen LogP contribution in [0, 0.1) is 17.1 Å². The van der Waals surface area contributed by atoms with Gasteiger partial charge in [0.1, 0.15) is 29.3 Å². The molecule has 41 heavy (non-hydrogen) atoms. The number of fused-ring (bicyclic) bond motifs is 1. The van der Waals surface area contributed by atoms with Gasteiger partial charge in [0.25, 0.3) is 0 Å². The van der Waals surface area contributed by atoms with Gasteiger partial charge in [0.05, 0.1) is 17.2 Å². The molecule has 1 heterocycles. The molecule has 9 heteroatoms. The highest BCUT2D eigenvalue weighted by molar-refractivity contribution is 6.32. The topological polar surface area (TPSA) is 115 Å². The number of aliphatic carboxylic acids is 1. The smallest absolute Gasteiger partial charge is 0.326 e. The van der Waals surface area contributed by atoms with Gasteiger partial charge >= 0.3 is 5.97 Å². The summed E-state index contributed by atoms with van der Waals surface area (Å²) in [4.78, 5) is 15.9. The first kappa shape index (κ1) is 28.2. The quantitative estimate of drug-likeness (QED) is 0.223. The average molecular weight is 572 g/mol. The summed E-state index contributed by atoms with van der Waals surface area (Å²) < 4.78 is 21.1. The number of aromatic nitrogens is 1. The molecular weight excluding hydrogens is 545 g/mol. The maximum Gasteiger partial charge on any atom is 0.326 e. The van der Waals surface area contributed by atoms with Gasteiger partial charge in [-0.2, -0.15) is 5.26 Å². The van der Waals surface area contributed by atoms with Gasteiger partial charge in [0.15, 0.2) is 0 Å². The molecule has 0 spiro atoms. The standard InChI is InChI=1S/C32H27ClFN3O4/c1-32(18-38,31(39)40)37-17-21-12-27(33)30(13-26(21)20-11-19(14-35)15-36-16-20)41-29-10-9-23-22(6-4-7-25(23)29)24-5-2-3-8-28(24)34/h2-8,11-13,15-16,29,37-38H,9-10,17-18H2,1H3,(H,39,40)/t29-,32-/m0/s1. The van der Waals surface area contributed by atoms with Crippen molar-refractivity contribution in [2.75, 3.05) is 6.61 Å². The minimum absolute atomic E-state index is 0.0632. The van der Waals surface area contributed by atoms with Gasteiger partial charge in [-0.1, -0.05) is 48.0 Å². The number of hydrogen-bond acceptors (Lipinski definition) is 6. The number of pyridine rings is 1. The second kappa shape index (κ2) is 11.7. The van der Waals surface area contributed by atoms with Crippen LogP contribution in [0.1, 0.15) is 41.7 Å². The van der Waals surface area contributed by atoms with Crippen molar-refractivity contribution in [3.63, 3.8) is 0 Å². The van der Waals surface area contributed by atoms with Crippen LogP contribution in [0.3, 0.4) is 0 Å². The molecular formula is C32H27ClFN3O4. The third kappa shape index (κ3) is 5.66. The van der Waals surface area contributed by atoms with Gasteiger partial charge in [0, 0.05) is 30.1 Å². The zero-order valence-electron chi connectivity index (χ0n) is 22.2. The third-order valence-corrected chi connectivity index (χ3v) is 7.74. The molecule has 1 aromatic heterocycles. The van der Waals surface area contributed by atoms with E-state index in [1.54, 1.807) is 36.5 Å². The number of rotatable bonds is 9. The fourth-order valence-corrected chi connectivity index (χ4v) is 5.29. The number of carboxylic acid groups (broad SMARTS) is 1. The van der Waals surface area contributed by atoms with Crippen LogP contribution in [-0.4, -0.2) is 33.3 Å². The normalized spacial score (nSPS) is 15.5. The van der Waals surface area contributed by atoms with E-state index in [0.717, 1.165) is 16.7 Å². The van der Waals surface area contributed by atoms with Gasteiger partial charge in [-0.05, 0) is 71.8 Å². The zero-order valence-corrected chi connectivity index (χ0v) is 23.0. The number of aliphatic hydroxyl groups excluding tert-OH is 1. The summed E-state index contributed by atoms with van der Waals surface area (Å²) in [6.07, 6.45) is 4.12. The minimum Gasteiger partial charge on any atom is -0.484 e. The van der Waals surface area contributed by atoms with Crippen LogP contribution >= 0.6 is 11.6 Å². The van der Waals surface area contributed by atoms with Crippen LogP contribution < -0.4 is 10.1 Å². The van der Waals surface area contributed by atoms with Crippen molar-refractivity contribution < 1.29 is 24.1 Å². The van der Waals surface area contributed by atoms with Crippen molar-refractivity contribution >= 4 is 17.6 Å². The molecule has 0 unspecified atom stereocenters. The highest BCUT2D eigenvalue weighted by atomic mass is 35.5. The Balaban J connectivity index is 1.52.